The molecule has 1 fully saturated rings. The molecule has 0 bridgehead atoms. The lowest BCUT2D eigenvalue weighted by Gasteiger charge is -2.12. The second kappa shape index (κ2) is 3.88. The van der Waals surface area contributed by atoms with Gasteiger partial charge in [-0.05, 0) is 13.5 Å². The summed E-state index contributed by atoms with van der Waals surface area (Å²) < 4.78 is 12.5. The molecule has 1 aliphatic rings. The maximum absolute atomic E-state index is 12.5. The van der Waals surface area contributed by atoms with Crippen LogP contribution in [0.4, 0.5) is 4.39 Å². The summed E-state index contributed by atoms with van der Waals surface area (Å²) in [6.07, 6.45) is 0.154. The van der Waals surface area contributed by atoms with Gasteiger partial charge in [0.25, 0.3) is 0 Å². The van der Waals surface area contributed by atoms with Crippen LogP contribution in [0, 0.1) is 0 Å². The normalized spacial score (nSPS) is 27.6. The molecular weight excluding hydrogens is 131 g/mol. The highest BCUT2D eigenvalue weighted by molar-refractivity contribution is 4.74. The predicted octanol–water partition coefficient (Wildman–Crippen LogP) is 0.250. The Morgan fingerprint density at radius 2 is 2.50 bits per heavy atom. The molecule has 10 heavy (non-hydrogen) atoms. The first-order valence-electron chi connectivity index (χ1n) is 3.84. The number of rotatable bonds is 3. The average molecular weight is 146 g/mol. The molecule has 3 heteroatoms. The number of nitrogens with one attached hydrogen (secondary N) is 1. The molecule has 0 aliphatic carbocycles. The third kappa shape index (κ3) is 2.23. The number of hydrogen-bond acceptors (Lipinski definition) is 2. The Balaban J connectivity index is 2.06. The minimum atomic E-state index is -0.572. The van der Waals surface area contributed by atoms with Crippen LogP contribution >= 0.6 is 0 Å². The van der Waals surface area contributed by atoms with Crippen molar-refractivity contribution in [2.45, 2.75) is 12.6 Å². The Hall–Kier alpha value is -0.150. The fourth-order valence-corrected chi connectivity index (χ4v) is 1.26. The van der Waals surface area contributed by atoms with Crippen molar-refractivity contribution in [3.8, 4) is 0 Å². The Morgan fingerprint density at radius 3 is 3.00 bits per heavy atom. The summed E-state index contributed by atoms with van der Waals surface area (Å²) in [7, 11) is 1.92. The van der Waals surface area contributed by atoms with Crippen molar-refractivity contribution < 1.29 is 4.39 Å². The molecule has 0 saturated carbocycles. The van der Waals surface area contributed by atoms with Crippen molar-refractivity contribution in [1.29, 1.82) is 0 Å². The van der Waals surface area contributed by atoms with Crippen molar-refractivity contribution in [2.75, 3.05) is 33.2 Å². The topological polar surface area (TPSA) is 15.3 Å². The van der Waals surface area contributed by atoms with Crippen LogP contribution in [0.1, 0.15) is 6.42 Å². The number of hydrogen-bond donors (Lipinski definition) is 1. The van der Waals surface area contributed by atoms with Crippen molar-refractivity contribution in [2.24, 2.45) is 0 Å². The van der Waals surface area contributed by atoms with E-state index in [1.54, 1.807) is 0 Å². The lowest BCUT2D eigenvalue weighted by Crippen LogP contribution is -2.29. The van der Waals surface area contributed by atoms with Gasteiger partial charge in [-0.2, -0.15) is 0 Å². The zero-order valence-electron chi connectivity index (χ0n) is 6.44. The molecule has 0 aromatic heterocycles. The zero-order chi connectivity index (χ0) is 7.40. The zero-order valence-corrected chi connectivity index (χ0v) is 6.44. The molecule has 1 aliphatic heterocycles. The number of halogens is 1. The van der Waals surface area contributed by atoms with E-state index in [1.807, 2.05) is 7.05 Å². The van der Waals surface area contributed by atoms with Crippen molar-refractivity contribution in [3.05, 3.63) is 0 Å². The molecule has 0 aromatic carbocycles. The van der Waals surface area contributed by atoms with Gasteiger partial charge in [-0.3, -0.25) is 4.90 Å². The van der Waals surface area contributed by atoms with Crippen LogP contribution in [0.2, 0.25) is 0 Å². The van der Waals surface area contributed by atoms with E-state index < -0.39 is 6.17 Å². The summed E-state index contributed by atoms with van der Waals surface area (Å²) in [6.45, 7) is 3.52. The van der Waals surface area contributed by atoms with Crippen molar-refractivity contribution >= 4 is 0 Å². The first-order valence-corrected chi connectivity index (χ1v) is 3.84. The van der Waals surface area contributed by atoms with Gasteiger partial charge in [0.05, 0.1) is 0 Å². The van der Waals surface area contributed by atoms with Gasteiger partial charge in [0, 0.05) is 26.2 Å². The summed E-state index contributed by atoms with van der Waals surface area (Å²) in [6, 6.07) is 0. The molecule has 0 spiro atoms. The Morgan fingerprint density at radius 1 is 1.70 bits per heavy atom. The van der Waals surface area contributed by atoms with Gasteiger partial charge in [-0.25, -0.2) is 4.39 Å². The maximum Gasteiger partial charge on any atom is 0.114 e. The first kappa shape index (κ1) is 7.95. The lowest BCUT2D eigenvalue weighted by molar-refractivity contribution is 0.289. The third-order valence-electron chi connectivity index (χ3n) is 1.89. The van der Waals surface area contributed by atoms with Crippen LogP contribution in [0.3, 0.4) is 0 Å². The summed E-state index contributed by atoms with van der Waals surface area (Å²) >= 11 is 0. The van der Waals surface area contributed by atoms with Crippen molar-refractivity contribution in [3.63, 3.8) is 0 Å². The van der Waals surface area contributed by atoms with Gasteiger partial charge in [0.15, 0.2) is 0 Å². The maximum atomic E-state index is 12.5. The van der Waals surface area contributed by atoms with Gasteiger partial charge in [0.2, 0.25) is 0 Å². The van der Waals surface area contributed by atoms with Crippen LogP contribution in [-0.2, 0) is 0 Å². The second-order valence-electron chi connectivity index (χ2n) is 2.79. The van der Waals surface area contributed by atoms with Crippen LogP contribution < -0.4 is 5.32 Å². The quantitative estimate of drug-likeness (QED) is 0.614. The van der Waals surface area contributed by atoms with E-state index in [0.29, 0.717) is 6.54 Å². The summed E-state index contributed by atoms with van der Waals surface area (Å²) in [5.41, 5.74) is 0. The molecule has 1 rings (SSSR count). The van der Waals surface area contributed by atoms with Crippen molar-refractivity contribution in [1.82, 2.24) is 10.2 Å². The standard InChI is InChI=1S/C7H15FN2/c1-9-3-5-10-4-2-7(8)6-10/h7,9H,2-6H2,1H3/t7-/m1/s1. The largest absolute Gasteiger partial charge is 0.318 e. The highest BCUT2D eigenvalue weighted by atomic mass is 19.1. The van der Waals surface area contributed by atoms with Gasteiger partial charge in [-0.1, -0.05) is 0 Å². The number of likely N-dealkylation sites (tertiary alicyclic amines) is 1. The monoisotopic (exact) mass is 146 g/mol. The summed E-state index contributed by atoms with van der Waals surface area (Å²) in [5, 5.41) is 3.05. The lowest BCUT2D eigenvalue weighted by atomic mass is 10.3. The van der Waals surface area contributed by atoms with E-state index >= 15 is 0 Å². The van der Waals surface area contributed by atoms with E-state index in [0.717, 1.165) is 26.1 Å². The van der Waals surface area contributed by atoms with E-state index in [1.165, 1.54) is 0 Å². The molecule has 2 nitrogen and oxygen atoms in total. The molecular formula is C7H15FN2. The average Bonchev–Trinajstić information content (AvgIpc) is 2.31. The molecule has 0 unspecified atom stereocenters. The molecule has 1 heterocycles. The first-order chi connectivity index (χ1) is 4.83. The van der Waals surface area contributed by atoms with E-state index in [9.17, 15) is 4.39 Å². The van der Waals surface area contributed by atoms with E-state index in [2.05, 4.69) is 10.2 Å². The van der Waals surface area contributed by atoms with Crippen LogP contribution in [-0.4, -0.2) is 44.3 Å². The van der Waals surface area contributed by atoms with Crippen LogP contribution in [0.5, 0.6) is 0 Å². The summed E-state index contributed by atoms with van der Waals surface area (Å²) in [5.74, 6) is 0. The fraction of sp³-hybridized carbons (Fsp3) is 1.00. The van der Waals surface area contributed by atoms with Gasteiger partial charge >= 0.3 is 0 Å². The van der Waals surface area contributed by atoms with E-state index in [-0.39, 0.29) is 0 Å². The molecule has 1 atom stereocenters. The van der Waals surface area contributed by atoms with Gasteiger partial charge < -0.3 is 5.32 Å². The van der Waals surface area contributed by atoms with Gasteiger partial charge in [0.1, 0.15) is 6.17 Å². The smallest absolute Gasteiger partial charge is 0.114 e. The Kier molecular flexibility index (Phi) is 3.09. The minimum Gasteiger partial charge on any atom is -0.318 e. The third-order valence-corrected chi connectivity index (χ3v) is 1.89. The van der Waals surface area contributed by atoms with Gasteiger partial charge in [-0.15, -0.1) is 0 Å². The molecule has 0 aromatic rings. The highest BCUT2D eigenvalue weighted by Crippen LogP contribution is 2.10. The predicted molar refractivity (Wildman–Crippen MR) is 39.9 cm³/mol. The number of likely N-dealkylation sites (N-methyl/N-ethyl adjacent to an activating group) is 1. The Bertz CT molecular complexity index is 97.6. The van der Waals surface area contributed by atoms with E-state index in [4.69, 9.17) is 0 Å². The summed E-state index contributed by atoms with van der Waals surface area (Å²) in [4.78, 5) is 2.15. The SMILES string of the molecule is CNCCN1CC[C@@H](F)C1. The second-order valence-corrected chi connectivity index (χ2v) is 2.79. The number of nitrogens with zero attached hydrogens (tertiary/aromatic N) is 1. The minimum absolute atomic E-state index is 0.572. The highest BCUT2D eigenvalue weighted by Gasteiger charge is 2.20. The molecule has 60 valence electrons. The molecule has 0 amide bonds. The fourth-order valence-electron chi connectivity index (χ4n) is 1.26. The Labute approximate surface area is 61.4 Å². The van der Waals surface area contributed by atoms with Crippen LogP contribution in [0.25, 0.3) is 0 Å². The number of alkyl halides is 1. The molecule has 1 N–H and O–H groups in total. The molecule has 0 radical (unpaired) electrons. The van der Waals surface area contributed by atoms with Crippen LogP contribution in [0.15, 0.2) is 0 Å². The molecule has 1 saturated heterocycles.